The highest BCUT2D eigenvalue weighted by Crippen LogP contribution is 2.23. The molecule has 0 spiro atoms. The highest BCUT2D eigenvalue weighted by atomic mass is 35.5. The molecular formula is C30H30ClN7O. The van der Waals surface area contributed by atoms with Gasteiger partial charge in [-0.1, -0.05) is 41.9 Å². The summed E-state index contributed by atoms with van der Waals surface area (Å²) in [4.78, 5) is 26.5. The molecule has 0 saturated carbocycles. The summed E-state index contributed by atoms with van der Waals surface area (Å²) in [6, 6.07) is 23.0. The summed E-state index contributed by atoms with van der Waals surface area (Å²) < 4.78 is 2.10. The number of nitrogens with one attached hydrogen (secondary N) is 1. The largest absolute Gasteiger partial charge is 0.369 e. The van der Waals surface area contributed by atoms with E-state index >= 15 is 0 Å². The van der Waals surface area contributed by atoms with Crippen LogP contribution in [0.2, 0.25) is 5.02 Å². The average molecular weight is 540 g/mol. The maximum absolute atomic E-state index is 13.6. The smallest absolute Gasteiger partial charge is 0.240 e. The van der Waals surface area contributed by atoms with Crippen LogP contribution < -0.4 is 5.32 Å². The molecule has 39 heavy (non-hydrogen) atoms. The number of aromatic nitrogens is 3. The molecule has 9 heteroatoms. The van der Waals surface area contributed by atoms with Gasteiger partial charge in [-0.15, -0.1) is 0 Å². The van der Waals surface area contributed by atoms with E-state index in [0.29, 0.717) is 49.9 Å². The lowest BCUT2D eigenvalue weighted by Gasteiger charge is -2.28. The molecule has 8 nitrogen and oxygen atoms in total. The number of pyridine rings is 1. The quantitative estimate of drug-likeness (QED) is 0.300. The highest BCUT2D eigenvalue weighted by Gasteiger charge is 2.36. The molecule has 198 valence electrons. The molecule has 0 radical (unpaired) electrons. The second-order valence-electron chi connectivity index (χ2n) is 9.63. The average Bonchev–Trinajstić information content (AvgIpc) is 3.54. The number of carbonyl (C=O) groups is 1. The van der Waals surface area contributed by atoms with Crippen molar-refractivity contribution in [2.45, 2.75) is 32.1 Å². The van der Waals surface area contributed by atoms with Crippen molar-refractivity contribution in [3.05, 3.63) is 113 Å². The topological polar surface area (TPSA) is 90.1 Å². The molecule has 1 N–H and O–H groups in total. The van der Waals surface area contributed by atoms with Gasteiger partial charge in [0, 0.05) is 56.7 Å². The van der Waals surface area contributed by atoms with E-state index in [-0.39, 0.29) is 11.9 Å². The van der Waals surface area contributed by atoms with Crippen LogP contribution in [-0.2, 0) is 24.4 Å². The van der Waals surface area contributed by atoms with Crippen LogP contribution in [0.3, 0.4) is 0 Å². The summed E-state index contributed by atoms with van der Waals surface area (Å²) >= 11 is 6.17. The fourth-order valence-corrected chi connectivity index (χ4v) is 5.14. The number of imidazole rings is 1. The maximum Gasteiger partial charge on any atom is 0.240 e. The third kappa shape index (κ3) is 6.82. The van der Waals surface area contributed by atoms with Gasteiger partial charge in [0.05, 0.1) is 29.7 Å². The molecule has 1 fully saturated rings. The minimum absolute atomic E-state index is 0.131. The van der Waals surface area contributed by atoms with Crippen LogP contribution in [0.1, 0.15) is 28.8 Å². The summed E-state index contributed by atoms with van der Waals surface area (Å²) in [5.41, 5.74) is 3.78. The first-order chi connectivity index (χ1) is 19.1. The number of benzene rings is 2. The van der Waals surface area contributed by atoms with Crippen LogP contribution in [0.15, 0.2) is 85.5 Å². The van der Waals surface area contributed by atoms with Crippen LogP contribution in [0.4, 0.5) is 5.82 Å². The Bertz CT molecular complexity index is 1430. The van der Waals surface area contributed by atoms with Gasteiger partial charge in [-0.25, -0.2) is 9.97 Å². The zero-order valence-electron chi connectivity index (χ0n) is 21.6. The van der Waals surface area contributed by atoms with Crippen molar-refractivity contribution in [2.24, 2.45) is 0 Å². The Labute approximate surface area is 233 Å². The predicted molar refractivity (Wildman–Crippen MR) is 151 cm³/mol. The normalized spacial score (nSPS) is 15.1. The van der Waals surface area contributed by atoms with E-state index in [1.54, 1.807) is 6.20 Å². The second-order valence-corrected chi connectivity index (χ2v) is 10.1. The first kappa shape index (κ1) is 26.4. The lowest BCUT2D eigenvalue weighted by Crippen LogP contribution is -2.43. The van der Waals surface area contributed by atoms with Crippen molar-refractivity contribution in [2.75, 3.05) is 25.0 Å². The Morgan fingerprint density at radius 3 is 2.72 bits per heavy atom. The number of carbonyl (C=O) groups excluding carboxylic acids is 1. The standard InChI is InChI=1S/C30H30ClN7O/c31-26-5-3-4-25(16-26)20-37-14-11-28(30(37)39)36(15-13-35-29-6-1-2-12-34-29)21-27-18-33-22-38(27)19-24-9-7-23(17-32)8-10-24/h1-10,12,16,18,22,28H,11,13-15,19-21H2,(H,34,35). The first-order valence-electron chi connectivity index (χ1n) is 13.0. The number of hydrogen-bond acceptors (Lipinski definition) is 6. The number of amides is 1. The van der Waals surface area contributed by atoms with E-state index in [1.807, 2.05) is 84.2 Å². The van der Waals surface area contributed by atoms with Gasteiger partial charge >= 0.3 is 0 Å². The third-order valence-electron chi connectivity index (χ3n) is 6.94. The summed E-state index contributed by atoms with van der Waals surface area (Å²) in [5.74, 6) is 0.939. The van der Waals surface area contributed by atoms with E-state index < -0.39 is 0 Å². The lowest BCUT2D eigenvalue weighted by atomic mass is 10.1. The zero-order valence-corrected chi connectivity index (χ0v) is 22.3. The van der Waals surface area contributed by atoms with E-state index in [1.165, 1.54) is 0 Å². The predicted octanol–water partition coefficient (Wildman–Crippen LogP) is 4.57. The Hall–Kier alpha value is -4.19. The number of anilines is 1. The number of nitrogens with zero attached hydrogens (tertiary/aromatic N) is 6. The van der Waals surface area contributed by atoms with Crippen molar-refractivity contribution in [3.8, 4) is 6.07 Å². The Morgan fingerprint density at radius 1 is 1.08 bits per heavy atom. The van der Waals surface area contributed by atoms with Crippen molar-refractivity contribution in [3.63, 3.8) is 0 Å². The number of rotatable bonds is 11. The molecule has 5 rings (SSSR count). The van der Waals surface area contributed by atoms with Gasteiger partial charge in [0.15, 0.2) is 0 Å². The van der Waals surface area contributed by atoms with Crippen molar-refractivity contribution in [1.29, 1.82) is 5.26 Å². The number of hydrogen-bond donors (Lipinski definition) is 1. The van der Waals surface area contributed by atoms with Gasteiger partial charge in [-0.05, 0) is 53.9 Å². The monoisotopic (exact) mass is 539 g/mol. The van der Waals surface area contributed by atoms with Gasteiger partial charge < -0.3 is 14.8 Å². The Morgan fingerprint density at radius 2 is 1.95 bits per heavy atom. The minimum Gasteiger partial charge on any atom is -0.369 e. The highest BCUT2D eigenvalue weighted by molar-refractivity contribution is 6.30. The second kappa shape index (κ2) is 12.6. The third-order valence-corrected chi connectivity index (χ3v) is 7.18. The number of likely N-dealkylation sites (tertiary alicyclic amines) is 1. The summed E-state index contributed by atoms with van der Waals surface area (Å²) in [7, 11) is 0. The molecule has 1 unspecified atom stereocenters. The molecule has 0 aliphatic carbocycles. The van der Waals surface area contributed by atoms with E-state index in [2.05, 4.69) is 30.8 Å². The molecule has 1 aliphatic heterocycles. The van der Waals surface area contributed by atoms with Crippen LogP contribution in [0.5, 0.6) is 0 Å². The molecule has 2 aromatic heterocycles. The summed E-state index contributed by atoms with van der Waals surface area (Å²) in [6.45, 7) is 3.79. The molecular weight excluding hydrogens is 510 g/mol. The van der Waals surface area contributed by atoms with Gasteiger partial charge in [-0.3, -0.25) is 9.69 Å². The van der Waals surface area contributed by atoms with E-state index in [0.717, 1.165) is 29.1 Å². The molecule has 2 aromatic carbocycles. The van der Waals surface area contributed by atoms with Crippen LogP contribution in [0, 0.1) is 11.3 Å². The van der Waals surface area contributed by atoms with Crippen molar-refractivity contribution in [1.82, 2.24) is 24.3 Å². The summed E-state index contributed by atoms with van der Waals surface area (Å²) in [5, 5.41) is 13.1. The molecule has 1 aliphatic rings. The SMILES string of the molecule is N#Cc1ccc(Cn2cncc2CN(CCNc2ccccn2)C2CCN(Cc3cccc(Cl)c3)C2=O)cc1. The van der Waals surface area contributed by atoms with E-state index in [9.17, 15) is 4.79 Å². The fraction of sp³-hybridized carbons (Fsp3) is 0.267. The first-order valence-corrected chi connectivity index (χ1v) is 13.4. The molecule has 1 amide bonds. The zero-order chi connectivity index (χ0) is 27.0. The fourth-order valence-electron chi connectivity index (χ4n) is 4.93. The lowest BCUT2D eigenvalue weighted by molar-refractivity contribution is -0.132. The van der Waals surface area contributed by atoms with Gasteiger partial charge in [-0.2, -0.15) is 5.26 Å². The molecule has 3 heterocycles. The minimum atomic E-state index is -0.229. The van der Waals surface area contributed by atoms with Crippen molar-refractivity contribution >= 4 is 23.3 Å². The number of nitriles is 1. The summed E-state index contributed by atoms with van der Waals surface area (Å²) in [6.07, 6.45) is 6.20. The Balaban J connectivity index is 1.30. The maximum atomic E-state index is 13.6. The molecule has 0 bridgehead atoms. The van der Waals surface area contributed by atoms with Crippen LogP contribution in [-0.4, -0.2) is 55.9 Å². The molecule has 1 saturated heterocycles. The van der Waals surface area contributed by atoms with E-state index in [4.69, 9.17) is 16.9 Å². The van der Waals surface area contributed by atoms with Crippen LogP contribution >= 0.6 is 11.6 Å². The molecule has 1 atom stereocenters. The van der Waals surface area contributed by atoms with Crippen molar-refractivity contribution < 1.29 is 4.79 Å². The Kier molecular flexibility index (Phi) is 8.51. The van der Waals surface area contributed by atoms with Gasteiger partial charge in [0.25, 0.3) is 0 Å². The van der Waals surface area contributed by atoms with Gasteiger partial charge in [0.2, 0.25) is 5.91 Å². The number of halogens is 1. The molecule has 4 aromatic rings. The van der Waals surface area contributed by atoms with Crippen LogP contribution in [0.25, 0.3) is 0 Å². The van der Waals surface area contributed by atoms with Gasteiger partial charge in [0.1, 0.15) is 5.82 Å².